The lowest BCUT2D eigenvalue weighted by Crippen LogP contribution is -2.26. The van der Waals surface area contributed by atoms with Crippen LogP contribution in [0.25, 0.3) is 88.8 Å². The topological polar surface area (TPSA) is 25.8 Å². The Morgan fingerprint density at radius 2 is 0.789 bits per heavy atom. The van der Waals surface area contributed by atoms with Crippen LogP contribution in [-0.4, -0.2) is 9.97 Å². The maximum atomic E-state index is 5.41. The van der Waals surface area contributed by atoms with E-state index in [-0.39, 0.29) is 0 Å². The van der Waals surface area contributed by atoms with Gasteiger partial charge in [0.1, 0.15) is 0 Å². The molecule has 2 nitrogen and oxygen atoms in total. The number of benzene rings is 9. The van der Waals surface area contributed by atoms with Crippen LogP contribution in [0.2, 0.25) is 0 Å². The van der Waals surface area contributed by atoms with Crippen molar-refractivity contribution in [1.29, 1.82) is 0 Å². The summed E-state index contributed by atoms with van der Waals surface area (Å²) in [4.78, 5) is 10.7. The predicted molar refractivity (Wildman–Crippen MR) is 235 cm³/mol. The minimum atomic E-state index is -0.528. The Hall–Kier alpha value is -7.42. The van der Waals surface area contributed by atoms with E-state index >= 15 is 0 Å². The average molecular weight is 723 g/mol. The molecule has 0 saturated carbocycles. The Morgan fingerprint density at radius 3 is 1.53 bits per heavy atom. The average Bonchev–Trinajstić information content (AvgIpc) is 3.78. The summed E-state index contributed by atoms with van der Waals surface area (Å²) < 4.78 is 0. The molecule has 0 aliphatic heterocycles. The molecular formula is C55H34N2. The van der Waals surface area contributed by atoms with Gasteiger partial charge in [-0.3, -0.25) is 0 Å². The summed E-state index contributed by atoms with van der Waals surface area (Å²) in [6, 6.07) is 74.9. The fourth-order valence-corrected chi connectivity index (χ4v) is 10.0. The van der Waals surface area contributed by atoms with Gasteiger partial charge in [0.05, 0.1) is 16.8 Å². The van der Waals surface area contributed by atoms with Gasteiger partial charge in [0, 0.05) is 16.7 Å². The molecule has 2 heteroatoms. The van der Waals surface area contributed by atoms with Crippen LogP contribution < -0.4 is 0 Å². The second-order valence-electron chi connectivity index (χ2n) is 15.2. The van der Waals surface area contributed by atoms with E-state index in [0.717, 1.165) is 33.6 Å². The predicted octanol–water partition coefficient (Wildman–Crippen LogP) is 13.8. The highest BCUT2D eigenvalue weighted by atomic mass is 14.9. The first kappa shape index (κ1) is 31.9. The maximum absolute atomic E-state index is 5.41. The lowest BCUT2D eigenvalue weighted by atomic mass is 9.69. The van der Waals surface area contributed by atoms with E-state index in [2.05, 4.69) is 200 Å². The molecule has 1 spiro atoms. The zero-order valence-corrected chi connectivity index (χ0v) is 31.0. The van der Waals surface area contributed by atoms with E-state index in [1.165, 1.54) is 71.6 Å². The normalized spacial score (nSPS) is 14.7. The molecule has 0 fully saturated rings. The second kappa shape index (κ2) is 12.3. The summed E-state index contributed by atoms with van der Waals surface area (Å²) in [5.41, 5.74) is 17.2. The molecule has 0 amide bonds. The van der Waals surface area contributed by atoms with Gasteiger partial charge in [0.15, 0.2) is 5.82 Å². The van der Waals surface area contributed by atoms with E-state index in [1.807, 2.05) is 6.07 Å². The van der Waals surface area contributed by atoms with Gasteiger partial charge in [0.2, 0.25) is 0 Å². The van der Waals surface area contributed by atoms with E-state index < -0.39 is 5.41 Å². The minimum absolute atomic E-state index is 0.528. The van der Waals surface area contributed by atoms with Crippen molar-refractivity contribution < 1.29 is 0 Å². The van der Waals surface area contributed by atoms with Gasteiger partial charge in [-0.2, -0.15) is 0 Å². The van der Waals surface area contributed by atoms with Crippen molar-refractivity contribution in [3.63, 3.8) is 0 Å². The number of rotatable bonds is 4. The van der Waals surface area contributed by atoms with Crippen molar-refractivity contribution in [1.82, 2.24) is 9.97 Å². The number of hydrogen-bond acceptors (Lipinski definition) is 2. The van der Waals surface area contributed by atoms with Crippen molar-refractivity contribution in [2.75, 3.05) is 0 Å². The highest BCUT2D eigenvalue weighted by molar-refractivity contribution is 6.20. The SMILES string of the molecule is c1ccc(-c2cccc(-c3cc(-c4cccc5c4-c4ccccc4C54c5ccccc5-c5c4c4ccccc4c4ccccc54)nc(-c4ccccc4)n3)c2)cc1. The smallest absolute Gasteiger partial charge is 0.160 e. The summed E-state index contributed by atoms with van der Waals surface area (Å²) in [5, 5.41) is 5.16. The standard InChI is InChI=1S/C55H34N2/c1-3-17-35(18-4-1)37-21-15-22-38(33-37)49-34-50(57-54(56-49)36-19-5-2-6-20-36)45-29-16-32-48-51(45)43-27-11-13-30-46(43)55(48)47-31-14-12-28-44(47)52-41-25-9-7-23-39(41)40-24-8-10-26-42(40)53(52)55/h1-34H. The van der Waals surface area contributed by atoms with Crippen molar-refractivity contribution in [2.24, 2.45) is 0 Å². The molecule has 2 aliphatic carbocycles. The molecule has 9 aromatic carbocycles. The second-order valence-corrected chi connectivity index (χ2v) is 15.2. The Bertz CT molecular complexity index is 3240. The van der Waals surface area contributed by atoms with Gasteiger partial charge in [-0.05, 0) is 89.3 Å². The van der Waals surface area contributed by atoms with Crippen LogP contribution in [0.1, 0.15) is 22.3 Å². The Morgan fingerprint density at radius 1 is 0.298 bits per heavy atom. The van der Waals surface area contributed by atoms with Gasteiger partial charge in [0.25, 0.3) is 0 Å². The van der Waals surface area contributed by atoms with E-state index in [4.69, 9.17) is 9.97 Å². The molecule has 12 rings (SSSR count). The van der Waals surface area contributed by atoms with Crippen LogP contribution in [-0.2, 0) is 5.41 Å². The van der Waals surface area contributed by atoms with Gasteiger partial charge < -0.3 is 0 Å². The molecule has 264 valence electrons. The van der Waals surface area contributed by atoms with E-state index in [1.54, 1.807) is 0 Å². The Kier molecular flexibility index (Phi) is 6.88. The fourth-order valence-electron chi connectivity index (χ4n) is 10.0. The molecule has 1 unspecified atom stereocenters. The van der Waals surface area contributed by atoms with Crippen LogP contribution >= 0.6 is 0 Å². The molecule has 1 heterocycles. The van der Waals surface area contributed by atoms with Crippen molar-refractivity contribution in [3.8, 4) is 67.3 Å². The largest absolute Gasteiger partial charge is 0.228 e. The molecule has 0 radical (unpaired) electrons. The van der Waals surface area contributed by atoms with E-state index in [9.17, 15) is 0 Å². The molecule has 0 N–H and O–H groups in total. The number of fused-ring (bicyclic) bond motifs is 15. The van der Waals surface area contributed by atoms with Crippen LogP contribution in [0.15, 0.2) is 206 Å². The molecule has 57 heavy (non-hydrogen) atoms. The zero-order chi connectivity index (χ0) is 37.5. The highest BCUT2D eigenvalue weighted by Crippen LogP contribution is 2.66. The molecule has 1 atom stereocenters. The maximum Gasteiger partial charge on any atom is 0.160 e. The molecule has 0 bridgehead atoms. The van der Waals surface area contributed by atoms with Crippen LogP contribution in [0.5, 0.6) is 0 Å². The quantitative estimate of drug-likeness (QED) is 0.169. The molecule has 1 aromatic heterocycles. The van der Waals surface area contributed by atoms with Crippen LogP contribution in [0.3, 0.4) is 0 Å². The number of hydrogen-bond donors (Lipinski definition) is 0. The summed E-state index contributed by atoms with van der Waals surface area (Å²) in [6.45, 7) is 0. The lowest BCUT2D eigenvalue weighted by Gasteiger charge is -2.32. The van der Waals surface area contributed by atoms with Gasteiger partial charge in [-0.15, -0.1) is 0 Å². The van der Waals surface area contributed by atoms with Crippen molar-refractivity contribution in [3.05, 3.63) is 229 Å². The van der Waals surface area contributed by atoms with E-state index in [0.29, 0.717) is 5.82 Å². The molecule has 10 aromatic rings. The molecular weight excluding hydrogens is 689 g/mol. The molecule has 0 saturated heterocycles. The number of nitrogens with zero attached hydrogens (tertiary/aromatic N) is 2. The fraction of sp³-hybridized carbons (Fsp3) is 0.0182. The van der Waals surface area contributed by atoms with Crippen molar-refractivity contribution in [2.45, 2.75) is 5.41 Å². The summed E-state index contributed by atoms with van der Waals surface area (Å²) in [7, 11) is 0. The van der Waals surface area contributed by atoms with Crippen LogP contribution in [0.4, 0.5) is 0 Å². The third-order valence-corrected chi connectivity index (χ3v) is 12.3. The third kappa shape index (κ3) is 4.53. The number of aromatic nitrogens is 2. The Balaban J connectivity index is 1.17. The van der Waals surface area contributed by atoms with Gasteiger partial charge in [-0.1, -0.05) is 194 Å². The summed E-state index contributed by atoms with van der Waals surface area (Å²) in [5.74, 6) is 0.709. The zero-order valence-electron chi connectivity index (χ0n) is 31.0. The van der Waals surface area contributed by atoms with Crippen LogP contribution in [0, 0.1) is 0 Å². The van der Waals surface area contributed by atoms with Gasteiger partial charge in [-0.25, -0.2) is 9.97 Å². The first-order valence-corrected chi connectivity index (χ1v) is 19.7. The summed E-state index contributed by atoms with van der Waals surface area (Å²) in [6.07, 6.45) is 0. The first-order valence-electron chi connectivity index (χ1n) is 19.7. The van der Waals surface area contributed by atoms with Gasteiger partial charge >= 0.3 is 0 Å². The first-order chi connectivity index (χ1) is 28.3. The van der Waals surface area contributed by atoms with Crippen molar-refractivity contribution >= 4 is 21.5 Å². The lowest BCUT2D eigenvalue weighted by molar-refractivity contribution is 0.802. The molecule has 2 aliphatic rings. The minimum Gasteiger partial charge on any atom is -0.228 e. The highest BCUT2D eigenvalue weighted by Gasteiger charge is 2.53. The third-order valence-electron chi connectivity index (χ3n) is 12.3. The Labute approximate surface area is 331 Å². The summed E-state index contributed by atoms with van der Waals surface area (Å²) >= 11 is 0. The monoisotopic (exact) mass is 722 g/mol.